The molecule has 0 aromatic heterocycles. The van der Waals surface area contributed by atoms with Crippen molar-refractivity contribution in [1.82, 2.24) is 10.6 Å². The summed E-state index contributed by atoms with van der Waals surface area (Å²) in [4.78, 5) is 11.3. The lowest BCUT2D eigenvalue weighted by Crippen LogP contribution is -2.56. The zero-order valence-electron chi connectivity index (χ0n) is 9.44. The van der Waals surface area contributed by atoms with Gasteiger partial charge in [0, 0.05) is 0 Å². The first kappa shape index (κ1) is 14.1. The maximum absolute atomic E-state index is 11.9. The average Bonchev–Trinajstić information content (AvgIpc) is 2.27. The van der Waals surface area contributed by atoms with Crippen LogP contribution in [0, 0.1) is 0 Å². The minimum Gasteiger partial charge on any atom is -0.394 e. The number of nitrogens with one attached hydrogen (secondary N) is 2. The Morgan fingerprint density at radius 1 is 1.24 bits per heavy atom. The summed E-state index contributed by atoms with van der Waals surface area (Å²) >= 11 is 0. The monoisotopic (exact) mass is 254 g/mol. The molecule has 0 heterocycles. The van der Waals surface area contributed by atoms with E-state index in [9.17, 15) is 23.1 Å². The molecule has 0 aromatic carbocycles. The molecule has 0 saturated heterocycles. The zero-order valence-corrected chi connectivity index (χ0v) is 9.44. The Hall–Kier alpha value is -0.980. The predicted molar refractivity (Wildman–Crippen MR) is 55.5 cm³/mol. The van der Waals surface area contributed by atoms with Gasteiger partial charge in [0.15, 0.2) is 0 Å². The van der Waals surface area contributed by atoms with Crippen molar-refractivity contribution in [2.75, 3.05) is 13.2 Å². The van der Waals surface area contributed by atoms with Gasteiger partial charge >= 0.3 is 12.2 Å². The molecule has 0 radical (unpaired) electrons. The standard InChI is InChI=1S/C10H17F3N2O2/c11-10(12,13)6-14-8(17)15-9(7-16)4-2-1-3-5-9/h16H,1-7H2,(H2,14,15,17). The van der Waals surface area contributed by atoms with Crippen LogP contribution in [0.3, 0.4) is 0 Å². The van der Waals surface area contributed by atoms with E-state index < -0.39 is 24.3 Å². The average molecular weight is 254 g/mol. The highest BCUT2D eigenvalue weighted by Crippen LogP contribution is 2.27. The van der Waals surface area contributed by atoms with E-state index in [1.54, 1.807) is 5.32 Å². The van der Waals surface area contributed by atoms with Crippen molar-refractivity contribution in [1.29, 1.82) is 0 Å². The molecule has 4 nitrogen and oxygen atoms in total. The van der Waals surface area contributed by atoms with Crippen LogP contribution in [0.2, 0.25) is 0 Å². The van der Waals surface area contributed by atoms with E-state index in [-0.39, 0.29) is 6.61 Å². The van der Waals surface area contributed by atoms with E-state index in [0.717, 1.165) is 19.3 Å². The summed E-state index contributed by atoms with van der Waals surface area (Å²) in [5.74, 6) is 0. The van der Waals surface area contributed by atoms with Crippen LogP contribution in [0.25, 0.3) is 0 Å². The van der Waals surface area contributed by atoms with Crippen LogP contribution in [0.5, 0.6) is 0 Å². The SMILES string of the molecule is O=C(NCC(F)(F)F)NC1(CO)CCCCC1. The third-order valence-electron chi connectivity index (χ3n) is 2.94. The van der Waals surface area contributed by atoms with Crippen molar-refractivity contribution in [3.63, 3.8) is 0 Å². The largest absolute Gasteiger partial charge is 0.405 e. The van der Waals surface area contributed by atoms with Crippen LogP contribution < -0.4 is 10.6 Å². The van der Waals surface area contributed by atoms with Gasteiger partial charge in [0.25, 0.3) is 0 Å². The number of rotatable bonds is 3. The van der Waals surface area contributed by atoms with Crippen LogP contribution in [-0.2, 0) is 0 Å². The van der Waals surface area contributed by atoms with Crippen molar-refractivity contribution in [3.8, 4) is 0 Å². The number of alkyl halides is 3. The Bertz CT molecular complexity index is 263. The normalized spacial score (nSPS) is 19.8. The molecule has 0 aliphatic heterocycles. The lowest BCUT2D eigenvalue weighted by molar-refractivity contribution is -0.122. The van der Waals surface area contributed by atoms with Gasteiger partial charge in [-0.3, -0.25) is 0 Å². The highest BCUT2D eigenvalue weighted by atomic mass is 19.4. The number of hydrogen-bond donors (Lipinski definition) is 3. The van der Waals surface area contributed by atoms with Crippen molar-refractivity contribution in [2.45, 2.75) is 43.8 Å². The topological polar surface area (TPSA) is 61.4 Å². The number of halogens is 3. The van der Waals surface area contributed by atoms with Gasteiger partial charge in [-0.15, -0.1) is 0 Å². The number of urea groups is 1. The highest BCUT2D eigenvalue weighted by molar-refractivity contribution is 5.74. The molecule has 0 spiro atoms. The van der Waals surface area contributed by atoms with Crippen LogP contribution in [0.15, 0.2) is 0 Å². The van der Waals surface area contributed by atoms with E-state index in [1.165, 1.54) is 0 Å². The molecule has 17 heavy (non-hydrogen) atoms. The maximum Gasteiger partial charge on any atom is 0.405 e. The number of amides is 2. The fourth-order valence-corrected chi connectivity index (χ4v) is 2.02. The van der Waals surface area contributed by atoms with Crippen molar-refractivity contribution < 1.29 is 23.1 Å². The summed E-state index contributed by atoms with van der Waals surface area (Å²) in [6.07, 6.45) is -0.476. The van der Waals surface area contributed by atoms with Gasteiger partial charge in [0.05, 0.1) is 12.1 Å². The molecule has 100 valence electrons. The molecule has 1 rings (SSSR count). The van der Waals surface area contributed by atoms with Crippen LogP contribution in [-0.4, -0.2) is 36.0 Å². The van der Waals surface area contributed by atoms with E-state index in [4.69, 9.17) is 0 Å². The summed E-state index contributed by atoms with van der Waals surface area (Å²) in [6.45, 7) is -1.60. The number of carbonyl (C=O) groups is 1. The number of carbonyl (C=O) groups excluding carboxylic acids is 1. The summed E-state index contributed by atoms with van der Waals surface area (Å²) < 4.78 is 35.6. The number of aliphatic hydroxyl groups is 1. The van der Waals surface area contributed by atoms with Crippen molar-refractivity contribution in [2.24, 2.45) is 0 Å². The van der Waals surface area contributed by atoms with Crippen LogP contribution >= 0.6 is 0 Å². The smallest absolute Gasteiger partial charge is 0.394 e. The van der Waals surface area contributed by atoms with E-state index in [1.807, 2.05) is 0 Å². The Kier molecular flexibility index (Phi) is 4.62. The molecule has 0 atom stereocenters. The first-order valence-electron chi connectivity index (χ1n) is 5.61. The molecule has 7 heteroatoms. The second kappa shape index (κ2) is 5.57. The van der Waals surface area contributed by atoms with Gasteiger partial charge in [0.2, 0.25) is 0 Å². The zero-order chi connectivity index (χ0) is 12.9. The molecule has 1 aliphatic rings. The van der Waals surface area contributed by atoms with Crippen molar-refractivity contribution in [3.05, 3.63) is 0 Å². The fourth-order valence-electron chi connectivity index (χ4n) is 2.02. The third kappa shape index (κ3) is 4.80. The summed E-state index contributed by atoms with van der Waals surface area (Å²) in [5, 5.41) is 13.5. The molecule has 3 N–H and O–H groups in total. The highest BCUT2D eigenvalue weighted by Gasteiger charge is 2.34. The summed E-state index contributed by atoms with van der Waals surface area (Å²) in [6, 6.07) is -0.877. The summed E-state index contributed by atoms with van der Waals surface area (Å²) in [7, 11) is 0. The van der Waals surface area contributed by atoms with Gasteiger partial charge in [-0.05, 0) is 12.8 Å². The van der Waals surface area contributed by atoms with Gasteiger partial charge in [0.1, 0.15) is 6.54 Å². The number of hydrogen-bond acceptors (Lipinski definition) is 2. The quantitative estimate of drug-likeness (QED) is 0.715. The van der Waals surface area contributed by atoms with Gasteiger partial charge in [-0.1, -0.05) is 19.3 Å². The third-order valence-corrected chi connectivity index (χ3v) is 2.94. The van der Waals surface area contributed by atoms with E-state index >= 15 is 0 Å². The minimum absolute atomic E-state index is 0.244. The molecular weight excluding hydrogens is 237 g/mol. The van der Waals surface area contributed by atoms with E-state index in [0.29, 0.717) is 12.8 Å². The molecule has 0 aromatic rings. The molecule has 1 fully saturated rings. The molecule has 0 bridgehead atoms. The second-order valence-corrected chi connectivity index (χ2v) is 4.42. The Balaban J connectivity index is 2.42. The molecule has 1 saturated carbocycles. The lowest BCUT2D eigenvalue weighted by Gasteiger charge is -2.36. The maximum atomic E-state index is 11.9. The first-order chi connectivity index (χ1) is 7.87. The molecule has 2 amide bonds. The van der Waals surface area contributed by atoms with Gasteiger partial charge < -0.3 is 15.7 Å². The minimum atomic E-state index is -4.42. The Morgan fingerprint density at radius 3 is 2.29 bits per heavy atom. The number of aliphatic hydroxyl groups excluding tert-OH is 1. The van der Waals surface area contributed by atoms with Crippen LogP contribution in [0.1, 0.15) is 32.1 Å². The predicted octanol–water partition coefficient (Wildman–Crippen LogP) is 1.54. The van der Waals surface area contributed by atoms with Gasteiger partial charge in [-0.25, -0.2) is 4.79 Å². The fraction of sp³-hybridized carbons (Fsp3) is 0.900. The molecular formula is C10H17F3N2O2. The molecule has 0 unspecified atom stereocenters. The lowest BCUT2D eigenvalue weighted by atomic mass is 9.82. The van der Waals surface area contributed by atoms with Gasteiger partial charge in [-0.2, -0.15) is 13.2 Å². The Morgan fingerprint density at radius 2 is 1.82 bits per heavy atom. The molecule has 1 aliphatic carbocycles. The van der Waals surface area contributed by atoms with Crippen molar-refractivity contribution >= 4 is 6.03 Å². The first-order valence-corrected chi connectivity index (χ1v) is 5.61. The van der Waals surface area contributed by atoms with E-state index in [2.05, 4.69) is 5.32 Å². The Labute approximate surface area is 97.6 Å². The summed E-state index contributed by atoms with van der Waals surface area (Å²) in [5.41, 5.74) is -0.756. The van der Waals surface area contributed by atoms with Crippen LogP contribution in [0.4, 0.5) is 18.0 Å². The second-order valence-electron chi connectivity index (χ2n) is 4.42.